The van der Waals surface area contributed by atoms with Crippen LogP contribution in [0.2, 0.25) is 0 Å². The zero-order valence-corrected chi connectivity index (χ0v) is 6.67. The molecular weight excluding hydrogens is 180 g/mol. The summed E-state index contributed by atoms with van der Waals surface area (Å²) in [5, 5.41) is 0. The van der Waals surface area contributed by atoms with Gasteiger partial charge < -0.3 is 4.74 Å². The predicted molar refractivity (Wildman–Crippen MR) is 40.7 cm³/mol. The van der Waals surface area contributed by atoms with E-state index in [1.807, 2.05) is 0 Å². The molecule has 0 amide bonds. The van der Waals surface area contributed by atoms with E-state index in [-0.39, 0.29) is 5.75 Å². The first kappa shape index (κ1) is 9.35. The molecule has 1 aromatic carbocycles. The highest BCUT2D eigenvalue weighted by Crippen LogP contribution is 2.26. The highest BCUT2D eigenvalue weighted by atomic mass is 19.2. The number of hydrogen-bond donors (Lipinski definition) is 0. The summed E-state index contributed by atoms with van der Waals surface area (Å²) in [6, 6.07) is 2.30. The fourth-order valence-electron chi connectivity index (χ4n) is 0.815. The maximum atomic E-state index is 12.9. The Hall–Kier alpha value is -1.74. The molecule has 0 radical (unpaired) electrons. The molecule has 0 aliphatic heterocycles. The van der Waals surface area contributed by atoms with Crippen molar-refractivity contribution in [1.29, 1.82) is 0 Å². The van der Waals surface area contributed by atoms with E-state index in [9.17, 15) is 13.6 Å². The Morgan fingerprint density at radius 3 is 2.62 bits per heavy atom. The summed E-state index contributed by atoms with van der Waals surface area (Å²) in [6.07, 6.45) is 1.12. The second kappa shape index (κ2) is 3.78. The van der Waals surface area contributed by atoms with Gasteiger partial charge in [0, 0.05) is 0 Å². The molecule has 0 aliphatic carbocycles. The lowest BCUT2D eigenvalue weighted by atomic mass is 10.3. The molecule has 0 saturated heterocycles. The van der Waals surface area contributed by atoms with E-state index in [1.54, 1.807) is 0 Å². The highest BCUT2D eigenvalue weighted by molar-refractivity contribution is 5.51. The lowest BCUT2D eigenvalue weighted by Crippen LogP contribution is -1.91. The Labute approximate surface area is 72.7 Å². The molecule has 1 rings (SSSR count). The molecule has 68 valence electrons. The van der Waals surface area contributed by atoms with Crippen molar-refractivity contribution >= 4 is 11.8 Å². The van der Waals surface area contributed by atoms with Gasteiger partial charge in [0.25, 0.3) is 0 Å². The number of hydrogen-bond acceptors (Lipinski definition) is 3. The van der Waals surface area contributed by atoms with Gasteiger partial charge >= 0.3 is 0 Å². The summed E-state index contributed by atoms with van der Waals surface area (Å²) in [6.45, 7) is 0. The minimum atomic E-state index is -1.22. The van der Waals surface area contributed by atoms with Crippen LogP contribution >= 0.6 is 0 Å². The Bertz CT molecular complexity index is 373. The Balaban J connectivity index is 3.30. The molecule has 0 aromatic heterocycles. The number of methoxy groups -OCH3 is 1. The molecule has 0 heterocycles. The summed E-state index contributed by atoms with van der Waals surface area (Å²) in [5.74, 6) is -2.62. The van der Waals surface area contributed by atoms with Gasteiger partial charge in [-0.2, -0.15) is 9.38 Å². The fourth-order valence-corrected chi connectivity index (χ4v) is 0.815. The van der Waals surface area contributed by atoms with Gasteiger partial charge in [-0.25, -0.2) is 9.18 Å². The van der Waals surface area contributed by atoms with Gasteiger partial charge in [-0.05, 0) is 12.1 Å². The number of nitrogens with zero attached hydrogens (tertiary/aromatic N) is 1. The lowest BCUT2D eigenvalue weighted by molar-refractivity contribution is 0.372. The number of benzene rings is 1. The lowest BCUT2D eigenvalue weighted by Gasteiger charge is -2.02. The number of rotatable bonds is 2. The molecule has 0 N–H and O–H groups in total. The van der Waals surface area contributed by atoms with E-state index < -0.39 is 17.3 Å². The first-order valence-corrected chi connectivity index (χ1v) is 3.30. The van der Waals surface area contributed by atoms with Crippen LogP contribution in [0.4, 0.5) is 14.5 Å². The molecule has 0 aliphatic rings. The highest BCUT2D eigenvalue weighted by Gasteiger charge is 2.12. The molecular formula is C8H5F2NO2. The summed E-state index contributed by atoms with van der Waals surface area (Å²) >= 11 is 0. The topological polar surface area (TPSA) is 38.7 Å². The zero-order valence-electron chi connectivity index (χ0n) is 6.67. The molecule has 0 saturated carbocycles. The number of isocyanates is 1. The van der Waals surface area contributed by atoms with E-state index in [0.29, 0.717) is 0 Å². The third-order valence-corrected chi connectivity index (χ3v) is 1.41. The molecule has 0 bridgehead atoms. The van der Waals surface area contributed by atoms with Gasteiger partial charge in [0.1, 0.15) is 5.69 Å². The summed E-state index contributed by atoms with van der Waals surface area (Å²) in [5.41, 5.74) is -0.395. The Morgan fingerprint density at radius 2 is 2.08 bits per heavy atom. The zero-order chi connectivity index (χ0) is 9.84. The second-order valence-electron chi connectivity index (χ2n) is 2.12. The maximum absolute atomic E-state index is 12.9. The average Bonchev–Trinajstić information content (AvgIpc) is 2.14. The molecule has 1 aromatic rings. The number of carbonyl (C=O) groups excluding carboxylic acids is 1. The van der Waals surface area contributed by atoms with Crippen LogP contribution in [0.5, 0.6) is 5.75 Å². The van der Waals surface area contributed by atoms with Crippen LogP contribution in [-0.2, 0) is 4.79 Å². The Kier molecular flexibility index (Phi) is 2.72. The van der Waals surface area contributed by atoms with Crippen LogP contribution in [0.1, 0.15) is 0 Å². The van der Waals surface area contributed by atoms with Crippen molar-refractivity contribution in [2.75, 3.05) is 7.11 Å². The third-order valence-electron chi connectivity index (χ3n) is 1.41. The monoisotopic (exact) mass is 185 g/mol. The van der Waals surface area contributed by atoms with Gasteiger partial charge in [-0.3, -0.25) is 0 Å². The van der Waals surface area contributed by atoms with Crippen molar-refractivity contribution in [3.63, 3.8) is 0 Å². The van der Waals surface area contributed by atoms with Gasteiger partial charge in [-0.15, -0.1) is 0 Å². The quantitative estimate of drug-likeness (QED) is 0.521. The van der Waals surface area contributed by atoms with Gasteiger partial charge in [-0.1, -0.05) is 0 Å². The van der Waals surface area contributed by atoms with E-state index >= 15 is 0 Å². The molecule has 13 heavy (non-hydrogen) atoms. The van der Waals surface area contributed by atoms with Gasteiger partial charge in [0.15, 0.2) is 11.6 Å². The van der Waals surface area contributed by atoms with Crippen LogP contribution in [-0.4, -0.2) is 13.2 Å². The molecule has 0 atom stereocenters. The number of ether oxygens (including phenoxy) is 1. The maximum Gasteiger partial charge on any atom is 0.240 e. The van der Waals surface area contributed by atoms with Crippen molar-refractivity contribution in [1.82, 2.24) is 0 Å². The van der Waals surface area contributed by atoms with Crippen molar-refractivity contribution in [2.24, 2.45) is 4.99 Å². The summed E-state index contributed by atoms with van der Waals surface area (Å²) in [4.78, 5) is 12.7. The first-order valence-electron chi connectivity index (χ1n) is 3.30. The minimum absolute atomic E-state index is 0.234. The fraction of sp³-hybridized carbons (Fsp3) is 0.125. The van der Waals surface area contributed by atoms with Crippen LogP contribution in [0.3, 0.4) is 0 Å². The SMILES string of the molecule is COc1ccc(N=C=O)c(F)c1F. The van der Waals surface area contributed by atoms with Crippen molar-refractivity contribution in [3.05, 3.63) is 23.8 Å². The average molecular weight is 185 g/mol. The minimum Gasteiger partial charge on any atom is -0.494 e. The van der Waals surface area contributed by atoms with Gasteiger partial charge in [0.05, 0.1) is 7.11 Å². The smallest absolute Gasteiger partial charge is 0.240 e. The van der Waals surface area contributed by atoms with Crippen LogP contribution in [0, 0.1) is 11.6 Å². The predicted octanol–water partition coefficient (Wildman–Crippen LogP) is 1.94. The van der Waals surface area contributed by atoms with Crippen LogP contribution in [0.25, 0.3) is 0 Å². The van der Waals surface area contributed by atoms with Crippen molar-refractivity contribution in [2.45, 2.75) is 0 Å². The summed E-state index contributed by atoms with van der Waals surface area (Å²) < 4.78 is 30.3. The van der Waals surface area contributed by atoms with Crippen molar-refractivity contribution < 1.29 is 18.3 Å². The standard InChI is InChI=1S/C8H5F2NO2/c1-13-6-3-2-5(11-4-12)7(9)8(6)10/h2-3H,1H3. The number of aliphatic imine (C=N–C) groups is 1. The van der Waals surface area contributed by atoms with E-state index in [4.69, 9.17) is 0 Å². The largest absolute Gasteiger partial charge is 0.494 e. The molecule has 0 unspecified atom stereocenters. The number of halogens is 2. The normalized spacial score (nSPS) is 9.15. The van der Waals surface area contributed by atoms with E-state index in [0.717, 1.165) is 12.1 Å². The van der Waals surface area contributed by atoms with Crippen LogP contribution < -0.4 is 4.74 Å². The molecule has 3 nitrogen and oxygen atoms in total. The summed E-state index contributed by atoms with van der Waals surface area (Å²) in [7, 11) is 1.21. The molecule has 0 spiro atoms. The molecule has 5 heteroatoms. The Morgan fingerprint density at radius 1 is 1.38 bits per heavy atom. The van der Waals surface area contributed by atoms with E-state index in [2.05, 4.69) is 9.73 Å². The first-order chi connectivity index (χ1) is 6.20. The second-order valence-corrected chi connectivity index (χ2v) is 2.12. The van der Waals surface area contributed by atoms with Gasteiger partial charge in [0.2, 0.25) is 11.9 Å². The molecule has 0 fully saturated rings. The third kappa shape index (κ3) is 1.71. The van der Waals surface area contributed by atoms with E-state index in [1.165, 1.54) is 13.2 Å². The van der Waals surface area contributed by atoms with Crippen molar-refractivity contribution in [3.8, 4) is 5.75 Å². The van der Waals surface area contributed by atoms with Crippen LogP contribution in [0.15, 0.2) is 17.1 Å².